The second-order valence-electron chi connectivity index (χ2n) is 3.25. The van der Waals surface area contributed by atoms with Gasteiger partial charge in [-0.15, -0.1) is 4.36 Å². The van der Waals surface area contributed by atoms with Gasteiger partial charge in [-0.1, -0.05) is 5.16 Å². The summed E-state index contributed by atoms with van der Waals surface area (Å²) in [5, 5.41) is 3.15. The summed E-state index contributed by atoms with van der Waals surface area (Å²) in [6.45, 7) is 0. The van der Waals surface area contributed by atoms with Crippen molar-refractivity contribution < 1.29 is 22.5 Å². The number of hydrogen-bond donors (Lipinski definition) is 0. The van der Waals surface area contributed by atoms with E-state index in [1.807, 2.05) is 0 Å². The Kier molecular flexibility index (Phi) is 3.34. The number of alkyl halides is 3. The van der Waals surface area contributed by atoms with Crippen LogP contribution in [0.5, 0.6) is 0 Å². The molecular weight excluding hydrogens is 285 g/mol. The Bertz CT molecular complexity index is 623. The van der Waals surface area contributed by atoms with E-state index in [2.05, 4.69) is 36.4 Å². The van der Waals surface area contributed by atoms with Crippen molar-refractivity contribution in [1.82, 2.24) is 15.1 Å². The van der Waals surface area contributed by atoms with Gasteiger partial charge in [0.25, 0.3) is 5.91 Å². The maximum atomic E-state index is 12.2. The molecule has 2 heterocycles. The van der Waals surface area contributed by atoms with E-state index in [4.69, 9.17) is 0 Å². The summed E-state index contributed by atoms with van der Waals surface area (Å²) in [5.41, 5.74) is 0.137. The van der Waals surface area contributed by atoms with Crippen LogP contribution in [0.4, 0.5) is 13.2 Å². The summed E-state index contributed by atoms with van der Waals surface area (Å²) in [6.07, 6.45) is -3.61. The van der Waals surface area contributed by atoms with Crippen LogP contribution in [0.3, 0.4) is 0 Å². The van der Waals surface area contributed by atoms with Crippen LogP contribution in [0.25, 0.3) is 11.5 Å². The fraction of sp³-hybridized carbons (Fsp3) is 0.111. The number of carbonyl (C=O) groups is 1. The smallest absolute Gasteiger partial charge is 0.329 e. The SMILES string of the molecule is O=C(N=S)c1ccc(-c2noc(C(F)(F)F)n2)nc1. The van der Waals surface area contributed by atoms with E-state index in [1.54, 1.807) is 0 Å². The highest BCUT2D eigenvalue weighted by Crippen LogP contribution is 2.28. The van der Waals surface area contributed by atoms with Gasteiger partial charge in [-0.3, -0.25) is 9.78 Å². The summed E-state index contributed by atoms with van der Waals surface area (Å²) < 4.78 is 43.8. The Morgan fingerprint density at radius 2 is 2.11 bits per heavy atom. The van der Waals surface area contributed by atoms with Gasteiger partial charge in [0.15, 0.2) is 0 Å². The first kappa shape index (κ1) is 13.2. The monoisotopic (exact) mass is 288 g/mol. The van der Waals surface area contributed by atoms with Crippen LogP contribution in [-0.2, 0) is 18.6 Å². The minimum Gasteiger partial charge on any atom is -0.329 e. The zero-order chi connectivity index (χ0) is 14.0. The molecule has 0 spiro atoms. The Labute approximate surface area is 108 Å². The van der Waals surface area contributed by atoms with Gasteiger partial charge in [0.2, 0.25) is 5.82 Å². The van der Waals surface area contributed by atoms with E-state index in [9.17, 15) is 18.0 Å². The molecule has 0 saturated heterocycles. The topological polar surface area (TPSA) is 81.2 Å². The molecule has 0 aliphatic rings. The van der Waals surface area contributed by atoms with Gasteiger partial charge in [0.1, 0.15) is 5.69 Å². The van der Waals surface area contributed by atoms with E-state index >= 15 is 0 Å². The maximum absolute atomic E-state index is 12.2. The molecule has 19 heavy (non-hydrogen) atoms. The number of carbonyl (C=O) groups excluding carboxylic acids is 1. The minimum atomic E-state index is -4.72. The Balaban J connectivity index is 2.30. The van der Waals surface area contributed by atoms with Gasteiger partial charge >= 0.3 is 12.1 Å². The summed E-state index contributed by atoms with van der Waals surface area (Å²) in [5.74, 6) is -2.47. The molecule has 10 heteroatoms. The lowest BCUT2D eigenvalue weighted by atomic mass is 10.2. The van der Waals surface area contributed by atoms with Crippen molar-refractivity contribution in [3.05, 3.63) is 29.8 Å². The van der Waals surface area contributed by atoms with Crippen LogP contribution >= 0.6 is 0 Å². The van der Waals surface area contributed by atoms with E-state index in [0.717, 1.165) is 6.20 Å². The zero-order valence-electron chi connectivity index (χ0n) is 8.88. The first-order chi connectivity index (χ1) is 8.91. The molecule has 0 unspecified atom stereocenters. The number of hydrogen-bond acceptors (Lipinski definition) is 6. The number of rotatable bonds is 2. The van der Waals surface area contributed by atoms with Crippen molar-refractivity contribution in [1.29, 1.82) is 0 Å². The van der Waals surface area contributed by atoms with Crippen LogP contribution in [0, 0.1) is 0 Å². The van der Waals surface area contributed by atoms with Gasteiger partial charge in [-0.05, 0) is 12.1 Å². The van der Waals surface area contributed by atoms with Gasteiger partial charge in [-0.2, -0.15) is 18.2 Å². The normalized spacial score (nSPS) is 11.3. The maximum Gasteiger partial charge on any atom is 0.471 e. The summed E-state index contributed by atoms with van der Waals surface area (Å²) >= 11 is 4.21. The average molecular weight is 288 g/mol. The molecule has 6 nitrogen and oxygen atoms in total. The van der Waals surface area contributed by atoms with Gasteiger partial charge in [0, 0.05) is 18.6 Å². The number of aromatic nitrogens is 3. The third-order valence-corrected chi connectivity index (χ3v) is 2.16. The summed E-state index contributed by atoms with van der Waals surface area (Å²) in [4.78, 5) is 18.0. The standard InChI is InChI=1S/C9H3F3N4O2S/c10-9(11,12)8-14-6(15-18-8)5-2-1-4(3-13-5)7(17)16-19/h1-3H. The van der Waals surface area contributed by atoms with Crippen molar-refractivity contribution in [3.8, 4) is 11.5 Å². The zero-order valence-corrected chi connectivity index (χ0v) is 9.70. The van der Waals surface area contributed by atoms with Gasteiger partial charge in [-0.25, -0.2) is 0 Å². The summed E-state index contributed by atoms with van der Waals surface area (Å²) in [7, 11) is 0. The quantitative estimate of drug-likeness (QED) is 0.841. The van der Waals surface area contributed by atoms with Gasteiger partial charge in [0.05, 0.1) is 5.56 Å². The molecule has 0 bridgehead atoms. The molecule has 0 saturated carbocycles. The lowest BCUT2D eigenvalue weighted by molar-refractivity contribution is -0.159. The van der Waals surface area contributed by atoms with Crippen molar-refractivity contribution in [2.75, 3.05) is 0 Å². The van der Waals surface area contributed by atoms with E-state index in [0.29, 0.717) is 0 Å². The van der Waals surface area contributed by atoms with Crippen molar-refractivity contribution in [3.63, 3.8) is 0 Å². The van der Waals surface area contributed by atoms with Crippen molar-refractivity contribution in [2.45, 2.75) is 6.18 Å². The predicted octanol–water partition coefficient (Wildman–Crippen LogP) is 2.02. The molecule has 0 fully saturated rings. The number of halogens is 3. The summed E-state index contributed by atoms with van der Waals surface area (Å²) in [6, 6.07) is 2.56. The molecule has 1 amide bonds. The lowest BCUT2D eigenvalue weighted by Crippen LogP contribution is -2.05. The number of amides is 1. The fourth-order valence-electron chi connectivity index (χ4n) is 1.15. The number of pyridine rings is 1. The molecule has 0 aromatic carbocycles. The molecule has 0 aliphatic carbocycles. The highest BCUT2D eigenvalue weighted by Gasteiger charge is 2.38. The molecule has 2 aromatic heterocycles. The first-order valence-electron chi connectivity index (χ1n) is 4.67. The minimum absolute atomic E-state index is 0.0279. The van der Waals surface area contributed by atoms with Crippen LogP contribution in [0.1, 0.15) is 16.2 Å². The first-order valence-corrected chi connectivity index (χ1v) is 5.03. The molecule has 0 atom stereocenters. The van der Waals surface area contributed by atoms with Crippen LogP contribution in [0.2, 0.25) is 0 Å². The molecular formula is C9H3F3N4O2S. The van der Waals surface area contributed by atoms with Crippen LogP contribution in [-0.4, -0.2) is 21.0 Å². The van der Waals surface area contributed by atoms with E-state index in [-0.39, 0.29) is 17.1 Å². The average Bonchev–Trinajstić information content (AvgIpc) is 2.87. The lowest BCUT2D eigenvalue weighted by Gasteiger charge is -1.96. The predicted molar refractivity (Wildman–Crippen MR) is 56.7 cm³/mol. The molecule has 0 aliphatic heterocycles. The van der Waals surface area contributed by atoms with E-state index < -0.39 is 18.0 Å². The highest BCUT2D eigenvalue weighted by atomic mass is 32.1. The van der Waals surface area contributed by atoms with Crippen molar-refractivity contribution >= 4 is 18.3 Å². The second-order valence-corrected chi connectivity index (χ2v) is 3.43. The van der Waals surface area contributed by atoms with Crippen molar-refractivity contribution in [2.24, 2.45) is 4.36 Å². The molecule has 2 rings (SSSR count). The Hall–Kier alpha value is -2.23. The second kappa shape index (κ2) is 4.80. The van der Waals surface area contributed by atoms with Crippen LogP contribution < -0.4 is 0 Å². The largest absolute Gasteiger partial charge is 0.471 e. The number of nitrogens with zero attached hydrogens (tertiary/aromatic N) is 4. The third-order valence-electron chi connectivity index (χ3n) is 1.99. The van der Waals surface area contributed by atoms with E-state index in [1.165, 1.54) is 12.1 Å². The van der Waals surface area contributed by atoms with Gasteiger partial charge < -0.3 is 4.52 Å². The Morgan fingerprint density at radius 3 is 2.58 bits per heavy atom. The molecule has 0 radical (unpaired) electrons. The molecule has 0 N–H and O–H groups in total. The highest BCUT2D eigenvalue weighted by molar-refractivity contribution is 7.47. The third kappa shape index (κ3) is 2.78. The molecule has 98 valence electrons. The van der Waals surface area contributed by atoms with Crippen LogP contribution in [0.15, 0.2) is 27.2 Å². The molecule has 2 aromatic rings. The Morgan fingerprint density at radius 1 is 1.37 bits per heavy atom. The fourth-order valence-corrected chi connectivity index (χ4v) is 1.25.